The van der Waals surface area contributed by atoms with Crippen molar-refractivity contribution in [2.75, 3.05) is 13.6 Å². The number of carboxylic acid groups (broad SMARTS) is 1. The molecule has 0 fully saturated rings. The third-order valence-electron chi connectivity index (χ3n) is 3.21. The van der Waals surface area contributed by atoms with Crippen LogP contribution in [-0.2, 0) is 11.2 Å². The number of likely N-dealkylation sites (N-methyl/N-ethyl adjacent to an activating group) is 1. The Morgan fingerprint density at radius 2 is 2.00 bits per heavy atom. The highest BCUT2D eigenvalue weighted by molar-refractivity contribution is 5.69. The van der Waals surface area contributed by atoms with Gasteiger partial charge in [0.2, 0.25) is 0 Å². The standard InChI is InChI=1S/C14H20FNO2/c1-10(14(17)18)9-16(3)11(2)8-12-6-4-5-7-13(12)15/h4-7,10-11H,8-9H2,1-3H3,(H,17,18). The van der Waals surface area contributed by atoms with Gasteiger partial charge in [0.15, 0.2) is 0 Å². The minimum absolute atomic E-state index is 0.101. The maximum Gasteiger partial charge on any atom is 0.307 e. The molecule has 0 aliphatic carbocycles. The lowest BCUT2D eigenvalue weighted by Crippen LogP contribution is -2.36. The maximum absolute atomic E-state index is 13.5. The predicted octanol–water partition coefficient (Wildman–Crippen LogP) is 2.41. The van der Waals surface area contributed by atoms with Gasteiger partial charge < -0.3 is 10.0 Å². The van der Waals surface area contributed by atoms with Crippen molar-refractivity contribution in [2.45, 2.75) is 26.3 Å². The molecular formula is C14H20FNO2. The van der Waals surface area contributed by atoms with Crippen LogP contribution in [0.3, 0.4) is 0 Å². The number of aliphatic carboxylic acids is 1. The molecule has 0 radical (unpaired) electrons. The topological polar surface area (TPSA) is 40.5 Å². The Morgan fingerprint density at radius 1 is 1.39 bits per heavy atom. The zero-order chi connectivity index (χ0) is 13.7. The molecule has 4 heteroatoms. The Hall–Kier alpha value is -1.42. The number of nitrogens with zero attached hydrogens (tertiary/aromatic N) is 1. The molecule has 0 heterocycles. The molecular weight excluding hydrogens is 233 g/mol. The second kappa shape index (κ2) is 6.50. The molecule has 2 atom stereocenters. The van der Waals surface area contributed by atoms with Gasteiger partial charge in [0, 0.05) is 12.6 Å². The Labute approximate surface area is 107 Å². The SMILES string of the molecule is CC(CN(C)C(C)Cc1ccccc1F)C(=O)O. The molecule has 0 amide bonds. The first kappa shape index (κ1) is 14.6. The summed E-state index contributed by atoms with van der Waals surface area (Å²) in [6, 6.07) is 6.79. The van der Waals surface area contributed by atoms with Gasteiger partial charge in [-0.25, -0.2) is 4.39 Å². The third-order valence-corrected chi connectivity index (χ3v) is 3.21. The van der Waals surface area contributed by atoms with Crippen LogP contribution in [0.15, 0.2) is 24.3 Å². The highest BCUT2D eigenvalue weighted by atomic mass is 19.1. The first-order valence-electron chi connectivity index (χ1n) is 6.08. The molecule has 3 nitrogen and oxygen atoms in total. The second-order valence-electron chi connectivity index (χ2n) is 4.82. The Balaban J connectivity index is 2.57. The Bertz CT molecular complexity index is 409. The van der Waals surface area contributed by atoms with E-state index in [2.05, 4.69) is 0 Å². The molecule has 0 saturated heterocycles. The quantitative estimate of drug-likeness (QED) is 0.846. The van der Waals surface area contributed by atoms with Gasteiger partial charge in [-0.1, -0.05) is 25.1 Å². The van der Waals surface area contributed by atoms with E-state index in [9.17, 15) is 9.18 Å². The summed E-state index contributed by atoms with van der Waals surface area (Å²) in [7, 11) is 1.87. The normalized spacial score (nSPS) is 14.5. The van der Waals surface area contributed by atoms with Crippen molar-refractivity contribution >= 4 is 5.97 Å². The van der Waals surface area contributed by atoms with E-state index in [0.29, 0.717) is 18.5 Å². The van der Waals surface area contributed by atoms with E-state index in [1.54, 1.807) is 19.1 Å². The van der Waals surface area contributed by atoms with Crippen molar-refractivity contribution in [1.82, 2.24) is 4.90 Å². The van der Waals surface area contributed by atoms with Crippen LogP contribution in [0.1, 0.15) is 19.4 Å². The van der Waals surface area contributed by atoms with Crippen LogP contribution < -0.4 is 0 Å². The molecule has 1 N–H and O–H groups in total. The van der Waals surface area contributed by atoms with E-state index in [1.165, 1.54) is 6.07 Å². The van der Waals surface area contributed by atoms with Gasteiger partial charge in [0.1, 0.15) is 5.82 Å². The fourth-order valence-electron chi connectivity index (χ4n) is 1.83. The second-order valence-corrected chi connectivity index (χ2v) is 4.82. The summed E-state index contributed by atoms with van der Waals surface area (Å²) in [6.45, 7) is 4.11. The van der Waals surface area contributed by atoms with Crippen molar-refractivity contribution < 1.29 is 14.3 Å². The van der Waals surface area contributed by atoms with E-state index in [-0.39, 0.29) is 11.9 Å². The summed E-state index contributed by atoms with van der Waals surface area (Å²) in [6.07, 6.45) is 0.579. The van der Waals surface area contributed by atoms with Crippen molar-refractivity contribution in [1.29, 1.82) is 0 Å². The van der Waals surface area contributed by atoms with E-state index in [1.807, 2.05) is 24.9 Å². The van der Waals surface area contributed by atoms with E-state index < -0.39 is 11.9 Å². The number of carbonyl (C=O) groups is 1. The molecule has 0 aromatic heterocycles. The van der Waals surface area contributed by atoms with E-state index in [0.717, 1.165) is 0 Å². The summed E-state index contributed by atoms with van der Waals surface area (Å²) in [5.41, 5.74) is 0.667. The number of carboxylic acids is 1. The molecule has 1 rings (SSSR count). The van der Waals surface area contributed by atoms with Gasteiger partial charge in [0.05, 0.1) is 5.92 Å². The largest absolute Gasteiger partial charge is 0.481 e. The Kier molecular flexibility index (Phi) is 5.28. The lowest BCUT2D eigenvalue weighted by molar-refractivity contribution is -0.141. The fourth-order valence-corrected chi connectivity index (χ4v) is 1.83. The van der Waals surface area contributed by atoms with Crippen LogP contribution >= 0.6 is 0 Å². The van der Waals surface area contributed by atoms with Crippen LogP contribution in [-0.4, -0.2) is 35.6 Å². The molecule has 0 saturated carbocycles. The molecule has 0 spiro atoms. The molecule has 2 unspecified atom stereocenters. The summed E-state index contributed by atoms with van der Waals surface area (Å²) in [4.78, 5) is 12.7. The smallest absolute Gasteiger partial charge is 0.307 e. The van der Waals surface area contributed by atoms with Crippen LogP contribution in [0.4, 0.5) is 4.39 Å². The molecule has 0 aliphatic rings. The third kappa shape index (κ3) is 4.11. The lowest BCUT2D eigenvalue weighted by atomic mass is 10.0. The maximum atomic E-state index is 13.5. The van der Waals surface area contributed by atoms with Crippen LogP contribution in [0, 0.1) is 11.7 Å². The molecule has 1 aromatic rings. The van der Waals surface area contributed by atoms with Gasteiger partial charge in [-0.15, -0.1) is 0 Å². The van der Waals surface area contributed by atoms with Crippen LogP contribution in [0.25, 0.3) is 0 Å². The first-order valence-corrected chi connectivity index (χ1v) is 6.08. The molecule has 18 heavy (non-hydrogen) atoms. The number of hydrogen-bond acceptors (Lipinski definition) is 2. The van der Waals surface area contributed by atoms with Crippen molar-refractivity contribution in [3.63, 3.8) is 0 Å². The van der Waals surface area contributed by atoms with E-state index >= 15 is 0 Å². The van der Waals surface area contributed by atoms with Crippen molar-refractivity contribution in [2.24, 2.45) is 5.92 Å². The van der Waals surface area contributed by atoms with Crippen molar-refractivity contribution in [3.8, 4) is 0 Å². The zero-order valence-corrected chi connectivity index (χ0v) is 11.1. The zero-order valence-electron chi connectivity index (χ0n) is 11.1. The molecule has 0 bridgehead atoms. The van der Waals surface area contributed by atoms with Crippen LogP contribution in [0.2, 0.25) is 0 Å². The summed E-state index contributed by atoms with van der Waals surface area (Å²) in [5.74, 6) is -1.43. The molecule has 100 valence electrons. The number of benzene rings is 1. The minimum Gasteiger partial charge on any atom is -0.481 e. The average Bonchev–Trinajstić information content (AvgIpc) is 2.31. The fraction of sp³-hybridized carbons (Fsp3) is 0.500. The number of halogens is 1. The first-order chi connectivity index (χ1) is 8.41. The average molecular weight is 253 g/mol. The molecule has 1 aromatic carbocycles. The highest BCUT2D eigenvalue weighted by Crippen LogP contribution is 2.12. The number of rotatable bonds is 6. The highest BCUT2D eigenvalue weighted by Gasteiger charge is 2.18. The summed E-state index contributed by atoms with van der Waals surface area (Å²) >= 11 is 0. The summed E-state index contributed by atoms with van der Waals surface area (Å²) in [5, 5.41) is 8.86. The van der Waals surface area contributed by atoms with Crippen molar-refractivity contribution in [3.05, 3.63) is 35.6 Å². The van der Waals surface area contributed by atoms with Gasteiger partial charge in [0.25, 0.3) is 0 Å². The van der Waals surface area contributed by atoms with Gasteiger partial charge >= 0.3 is 5.97 Å². The van der Waals surface area contributed by atoms with E-state index in [4.69, 9.17) is 5.11 Å². The minimum atomic E-state index is -0.806. The Morgan fingerprint density at radius 3 is 2.56 bits per heavy atom. The summed E-state index contributed by atoms with van der Waals surface area (Å²) < 4.78 is 13.5. The van der Waals surface area contributed by atoms with Gasteiger partial charge in [-0.05, 0) is 32.0 Å². The number of hydrogen-bond donors (Lipinski definition) is 1. The predicted molar refractivity (Wildman–Crippen MR) is 69.0 cm³/mol. The monoisotopic (exact) mass is 253 g/mol. The molecule has 0 aliphatic heterocycles. The van der Waals surface area contributed by atoms with Gasteiger partial charge in [-0.3, -0.25) is 4.79 Å². The van der Waals surface area contributed by atoms with Gasteiger partial charge in [-0.2, -0.15) is 0 Å². The van der Waals surface area contributed by atoms with Crippen LogP contribution in [0.5, 0.6) is 0 Å². The lowest BCUT2D eigenvalue weighted by Gasteiger charge is -2.26.